The molecule has 0 saturated carbocycles. The minimum Gasteiger partial charge on any atom is -0.327 e. The molecule has 0 aromatic heterocycles. The summed E-state index contributed by atoms with van der Waals surface area (Å²) in [6.45, 7) is -5.07. The molecule has 0 aromatic rings. The summed E-state index contributed by atoms with van der Waals surface area (Å²) in [4.78, 5) is 0. The molecule has 1 rings (SSSR count). The highest BCUT2D eigenvalue weighted by Crippen LogP contribution is 2.60. The van der Waals surface area contributed by atoms with Gasteiger partial charge in [-0.25, -0.2) is 0 Å². The van der Waals surface area contributed by atoms with Crippen LogP contribution >= 0.6 is 0 Å². The van der Waals surface area contributed by atoms with E-state index < -0.39 is 80.6 Å². The van der Waals surface area contributed by atoms with Gasteiger partial charge in [0.2, 0.25) is 0 Å². The molecule has 1 saturated heterocycles. The fraction of sp³-hybridized carbons (Fsp3) is 1.00. The molecule has 0 aliphatic carbocycles. The van der Waals surface area contributed by atoms with Crippen molar-refractivity contribution in [1.29, 1.82) is 0 Å². The normalized spacial score (nSPS) is 22.5. The first-order valence-corrected chi connectivity index (χ1v) is 7.82. The van der Waals surface area contributed by atoms with E-state index in [1.807, 2.05) is 0 Å². The van der Waals surface area contributed by atoms with E-state index in [-0.39, 0.29) is 0 Å². The monoisotopic (exact) mass is 518 g/mol. The van der Waals surface area contributed by atoms with Crippen LogP contribution < -0.4 is 0 Å². The molecule has 1 heterocycles. The van der Waals surface area contributed by atoms with Gasteiger partial charge in [-0.3, -0.25) is 0 Å². The smallest absolute Gasteiger partial charge is 0.327 e. The quantitative estimate of drug-likeness (QED) is 0.363. The highest BCUT2D eigenvalue weighted by atomic mass is 19.4. The third-order valence-corrected chi connectivity index (χ3v) is 3.88. The van der Waals surface area contributed by atoms with Gasteiger partial charge in [0.1, 0.15) is 6.61 Å². The second-order valence-electron chi connectivity index (χ2n) is 6.34. The van der Waals surface area contributed by atoms with Crippen LogP contribution in [-0.2, 0) is 14.2 Å². The third-order valence-electron chi connectivity index (χ3n) is 3.88. The first kappa shape index (κ1) is 28.8. The highest BCUT2D eigenvalue weighted by molar-refractivity contribution is 5.10. The SMILES string of the molecule is FC(F)(F)COC1OCC(CCC(F)(F)C(F)(F)C(F)(F)C(F)(F)C(F)(F)C(F)(F)F)O1. The standard InChI is InChI=1S/C13H10F16O3/c14-7(15,2-1-5-3-30-6(32-5)31-4-8(16,17)18)9(19,20)10(21,22)11(23,24)12(25,26)13(27,28)29/h5-6H,1-4H2. The minimum atomic E-state index is -8.01. The third kappa shape index (κ3) is 5.28. The fourth-order valence-corrected chi connectivity index (χ4v) is 2.12. The van der Waals surface area contributed by atoms with Gasteiger partial charge in [0.15, 0.2) is 0 Å². The van der Waals surface area contributed by atoms with Crippen molar-refractivity contribution >= 4 is 0 Å². The molecule has 0 aromatic carbocycles. The molecule has 1 aliphatic rings. The predicted molar refractivity (Wildman–Crippen MR) is 66.6 cm³/mol. The molecule has 2 atom stereocenters. The first-order valence-electron chi connectivity index (χ1n) is 7.82. The maximum Gasteiger partial charge on any atom is 0.460 e. The lowest BCUT2D eigenvalue weighted by Crippen LogP contribution is -2.70. The number of hydrogen-bond donors (Lipinski definition) is 0. The van der Waals surface area contributed by atoms with Gasteiger partial charge in [0, 0.05) is 6.42 Å². The summed E-state index contributed by atoms with van der Waals surface area (Å²) in [7, 11) is 0. The second kappa shape index (κ2) is 8.52. The minimum absolute atomic E-state index is 0.928. The van der Waals surface area contributed by atoms with Crippen molar-refractivity contribution in [2.75, 3.05) is 13.2 Å². The molecule has 1 aliphatic heterocycles. The van der Waals surface area contributed by atoms with Gasteiger partial charge in [-0.2, -0.15) is 70.2 Å². The van der Waals surface area contributed by atoms with E-state index in [1.165, 1.54) is 0 Å². The molecular formula is C13H10F16O3. The number of halogens is 16. The van der Waals surface area contributed by atoms with E-state index >= 15 is 0 Å². The van der Waals surface area contributed by atoms with Gasteiger partial charge in [-0.05, 0) is 6.42 Å². The summed E-state index contributed by atoms with van der Waals surface area (Å²) < 4.78 is 217. The van der Waals surface area contributed by atoms with Gasteiger partial charge in [-0.1, -0.05) is 0 Å². The molecule has 0 radical (unpaired) electrons. The Balaban J connectivity index is 2.93. The van der Waals surface area contributed by atoms with E-state index in [9.17, 15) is 70.2 Å². The lowest BCUT2D eigenvalue weighted by Gasteiger charge is -2.39. The van der Waals surface area contributed by atoms with Crippen LogP contribution in [0.4, 0.5) is 70.2 Å². The maximum absolute atomic E-state index is 13.6. The molecule has 192 valence electrons. The summed E-state index contributed by atoms with van der Waals surface area (Å²) in [6.07, 6.45) is -18.3. The summed E-state index contributed by atoms with van der Waals surface area (Å²) in [6, 6.07) is 0. The van der Waals surface area contributed by atoms with E-state index in [1.54, 1.807) is 0 Å². The molecule has 1 fully saturated rings. The zero-order valence-electron chi connectivity index (χ0n) is 14.8. The van der Waals surface area contributed by atoms with Gasteiger partial charge >= 0.3 is 42.0 Å². The summed E-state index contributed by atoms with van der Waals surface area (Å²) >= 11 is 0. The number of alkyl halides is 16. The van der Waals surface area contributed by atoms with Crippen LogP contribution in [0, 0.1) is 0 Å². The topological polar surface area (TPSA) is 27.7 Å². The van der Waals surface area contributed by atoms with Crippen molar-refractivity contribution in [3.63, 3.8) is 0 Å². The van der Waals surface area contributed by atoms with E-state index in [2.05, 4.69) is 14.2 Å². The Morgan fingerprint density at radius 2 is 1.12 bits per heavy atom. The van der Waals surface area contributed by atoms with Crippen molar-refractivity contribution in [3.8, 4) is 0 Å². The van der Waals surface area contributed by atoms with Crippen molar-refractivity contribution < 1.29 is 84.5 Å². The average Bonchev–Trinajstić information content (AvgIpc) is 3.04. The lowest BCUT2D eigenvalue weighted by atomic mass is 9.91. The molecule has 19 heteroatoms. The molecule has 32 heavy (non-hydrogen) atoms. The largest absolute Gasteiger partial charge is 0.460 e. The Hall–Kier alpha value is -1.24. The Labute approximate surface area is 166 Å². The zero-order valence-corrected chi connectivity index (χ0v) is 14.8. The van der Waals surface area contributed by atoms with Crippen molar-refractivity contribution in [1.82, 2.24) is 0 Å². The van der Waals surface area contributed by atoms with Crippen LogP contribution in [0.3, 0.4) is 0 Å². The molecule has 0 amide bonds. The zero-order chi connectivity index (χ0) is 25.6. The van der Waals surface area contributed by atoms with Crippen LogP contribution in [0.2, 0.25) is 0 Å². The van der Waals surface area contributed by atoms with E-state index in [4.69, 9.17) is 0 Å². The highest BCUT2D eigenvalue weighted by Gasteiger charge is 2.90. The van der Waals surface area contributed by atoms with Crippen LogP contribution in [0.15, 0.2) is 0 Å². The Kier molecular flexibility index (Phi) is 7.66. The molecule has 3 nitrogen and oxygen atoms in total. The fourth-order valence-electron chi connectivity index (χ4n) is 2.12. The van der Waals surface area contributed by atoms with Crippen LogP contribution in [0.25, 0.3) is 0 Å². The Morgan fingerprint density at radius 3 is 1.56 bits per heavy atom. The molecule has 0 spiro atoms. The van der Waals surface area contributed by atoms with Crippen molar-refractivity contribution in [2.24, 2.45) is 0 Å². The maximum atomic E-state index is 13.6. The first-order chi connectivity index (χ1) is 13.9. The second-order valence-corrected chi connectivity index (χ2v) is 6.34. The van der Waals surface area contributed by atoms with Gasteiger partial charge in [0.25, 0.3) is 6.48 Å². The Bertz CT molecular complexity index is 640. The number of rotatable bonds is 9. The summed E-state index contributed by atoms with van der Waals surface area (Å²) in [5, 5.41) is 0. The van der Waals surface area contributed by atoms with Crippen LogP contribution in [0.1, 0.15) is 12.8 Å². The number of hydrogen-bond acceptors (Lipinski definition) is 3. The number of ether oxygens (including phenoxy) is 3. The lowest BCUT2D eigenvalue weighted by molar-refractivity contribution is -0.440. The molecular weight excluding hydrogens is 508 g/mol. The average molecular weight is 518 g/mol. The summed E-state index contributed by atoms with van der Waals surface area (Å²) in [5.74, 6) is -37.5. The van der Waals surface area contributed by atoms with E-state index in [0.717, 1.165) is 0 Å². The summed E-state index contributed by atoms with van der Waals surface area (Å²) in [5.41, 5.74) is 0. The van der Waals surface area contributed by atoms with Gasteiger partial charge < -0.3 is 14.2 Å². The van der Waals surface area contributed by atoms with Gasteiger partial charge in [0.05, 0.1) is 12.7 Å². The molecule has 0 bridgehead atoms. The van der Waals surface area contributed by atoms with Crippen molar-refractivity contribution in [3.05, 3.63) is 0 Å². The van der Waals surface area contributed by atoms with Crippen LogP contribution in [0.5, 0.6) is 0 Å². The van der Waals surface area contributed by atoms with E-state index in [0.29, 0.717) is 0 Å². The Morgan fingerprint density at radius 1 is 0.656 bits per heavy atom. The molecule has 0 N–H and O–H groups in total. The van der Waals surface area contributed by atoms with Crippen molar-refractivity contribution in [2.45, 2.75) is 67.4 Å². The van der Waals surface area contributed by atoms with Gasteiger partial charge in [-0.15, -0.1) is 0 Å². The predicted octanol–water partition coefficient (Wildman–Crippen LogP) is 5.78. The van der Waals surface area contributed by atoms with Crippen LogP contribution in [-0.4, -0.2) is 67.8 Å². The molecule has 2 unspecified atom stereocenters.